The zero-order chi connectivity index (χ0) is 14.8. The highest BCUT2D eigenvalue weighted by Gasteiger charge is 2.27. The Labute approximate surface area is 129 Å². The maximum absolute atomic E-state index is 12.4. The number of hydrogen-bond acceptors (Lipinski definition) is 2. The molecule has 0 saturated heterocycles. The summed E-state index contributed by atoms with van der Waals surface area (Å²) < 4.78 is 1.98. The summed E-state index contributed by atoms with van der Waals surface area (Å²) in [5.41, 5.74) is 2.56. The number of amides is 1. The van der Waals surface area contributed by atoms with Crippen molar-refractivity contribution in [2.75, 3.05) is 12.4 Å². The van der Waals surface area contributed by atoms with Gasteiger partial charge in [0.2, 0.25) is 0 Å². The molecule has 4 nitrogen and oxygen atoms in total. The predicted octanol–water partition coefficient (Wildman–Crippen LogP) is 3.45. The van der Waals surface area contributed by atoms with Crippen LogP contribution in [0.4, 0.5) is 5.69 Å². The molecule has 110 valence electrons. The van der Waals surface area contributed by atoms with Gasteiger partial charge in [-0.1, -0.05) is 23.7 Å². The normalized spacial score (nSPS) is 14.2. The van der Waals surface area contributed by atoms with Gasteiger partial charge < -0.3 is 15.2 Å². The number of halogens is 1. The maximum Gasteiger partial charge on any atom is 0.272 e. The van der Waals surface area contributed by atoms with Crippen LogP contribution in [0.2, 0.25) is 5.02 Å². The molecule has 0 aliphatic heterocycles. The van der Waals surface area contributed by atoms with Crippen LogP contribution < -0.4 is 10.6 Å². The van der Waals surface area contributed by atoms with Crippen molar-refractivity contribution in [1.29, 1.82) is 0 Å². The fourth-order valence-electron chi connectivity index (χ4n) is 2.44. The molecule has 1 aliphatic rings. The number of benzene rings is 1. The monoisotopic (exact) mass is 303 g/mol. The molecule has 2 N–H and O–H groups in total. The maximum atomic E-state index is 12.4. The first-order valence-electron chi connectivity index (χ1n) is 7.09. The van der Waals surface area contributed by atoms with Crippen molar-refractivity contribution < 1.29 is 4.79 Å². The van der Waals surface area contributed by atoms with Gasteiger partial charge in [0.1, 0.15) is 5.69 Å². The molecule has 1 aromatic carbocycles. The lowest BCUT2D eigenvalue weighted by Gasteiger charge is -2.09. The number of carbonyl (C=O) groups is 1. The molecule has 3 rings (SSSR count). The van der Waals surface area contributed by atoms with Gasteiger partial charge in [0, 0.05) is 24.5 Å². The molecule has 21 heavy (non-hydrogen) atoms. The van der Waals surface area contributed by atoms with E-state index >= 15 is 0 Å². The lowest BCUT2D eigenvalue weighted by Crippen LogP contribution is -2.16. The predicted molar refractivity (Wildman–Crippen MR) is 84.9 cm³/mol. The summed E-state index contributed by atoms with van der Waals surface area (Å²) >= 11 is 6.04. The molecule has 1 amide bonds. The first-order valence-corrected chi connectivity index (χ1v) is 7.47. The first kappa shape index (κ1) is 14.2. The van der Waals surface area contributed by atoms with Crippen molar-refractivity contribution >= 4 is 23.2 Å². The number of nitrogens with zero attached hydrogens (tertiary/aromatic N) is 1. The summed E-state index contributed by atoms with van der Waals surface area (Å²) in [5.74, 6) is -0.115. The van der Waals surface area contributed by atoms with Gasteiger partial charge in [-0.25, -0.2) is 0 Å². The van der Waals surface area contributed by atoms with Crippen LogP contribution in [0.5, 0.6) is 0 Å². The Bertz CT molecular complexity index is 661. The fourth-order valence-corrected chi connectivity index (χ4v) is 2.65. The quantitative estimate of drug-likeness (QED) is 0.888. The molecule has 0 radical (unpaired) electrons. The van der Waals surface area contributed by atoms with Crippen LogP contribution >= 0.6 is 11.6 Å². The van der Waals surface area contributed by atoms with Gasteiger partial charge in [-0.05, 0) is 43.7 Å². The Kier molecular flexibility index (Phi) is 3.99. The minimum Gasteiger partial charge on any atom is -0.339 e. The Morgan fingerprint density at radius 3 is 2.90 bits per heavy atom. The largest absolute Gasteiger partial charge is 0.339 e. The molecule has 0 spiro atoms. The van der Waals surface area contributed by atoms with Crippen molar-refractivity contribution in [3.63, 3.8) is 0 Å². The standard InChI is InChI=1S/C16H18ClN3O/c1-18-9-11-3-2-4-13(7-11)19-16(21)15-8-12(17)10-20(15)14-5-6-14/h2-4,7-8,10,14,18H,5-6,9H2,1H3,(H,19,21). The van der Waals surface area contributed by atoms with Crippen molar-refractivity contribution in [2.45, 2.75) is 25.4 Å². The highest BCUT2D eigenvalue weighted by Crippen LogP contribution is 2.37. The van der Waals surface area contributed by atoms with Crippen molar-refractivity contribution in [1.82, 2.24) is 9.88 Å². The van der Waals surface area contributed by atoms with Gasteiger partial charge in [0.15, 0.2) is 0 Å². The molecule has 0 atom stereocenters. The van der Waals surface area contributed by atoms with Crippen LogP contribution in [-0.2, 0) is 6.54 Å². The van der Waals surface area contributed by atoms with Gasteiger partial charge in [-0.3, -0.25) is 4.79 Å². The molecule has 1 aromatic heterocycles. The zero-order valence-corrected chi connectivity index (χ0v) is 12.7. The Balaban J connectivity index is 1.78. The molecule has 2 aromatic rings. The van der Waals surface area contributed by atoms with E-state index in [0.29, 0.717) is 16.8 Å². The zero-order valence-electron chi connectivity index (χ0n) is 11.9. The van der Waals surface area contributed by atoms with E-state index in [2.05, 4.69) is 10.6 Å². The van der Waals surface area contributed by atoms with Gasteiger partial charge >= 0.3 is 0 Å². The fraction of sp³-hybridized carbons (Fsp3) is 0.312. The summed E-state index contributed by atoms with van der Waals surface area (Å²) in [5, 5.41) is 6.65. The van der Waals surface area contributed by atoms with Crippen LogP contribution in [0.1, 0.15) is 34.9 Å². The van der Waals surface area contributed by atoms with Crippen molar-refractivity contribution in [3.8, 4) is 0 Å². The molecule has 1 fully saturated rings. The second-order valence-electron chi connectivity index (χ2n) is 5.37. The van der Waals surface area contributed by atoms with Gasteiger partial charge in [-0.15, -0.1) is 0 Å². The minimum atomic E-state index is -0.115. The first-order chi connectivity index (χ1) is 10.2. The van der Waals surface area contributed by atoms with Crippen molar-refractivity contribution in [2.24, 2.45) is 0 Å². The third-order valence-electron chi connectivity index (χ3n) is 3.55. The van der Waals surface area contributed by atoms with Crippen LogP contribution in [0.3, 0.4) is 0 Å². The Morgan fingerprint density at radius 2 is 2.19 bits per heavy atom. The number of anilines is 1. The number of rotatable bonds is 5. The van der Waals surface area contributed by atoms with Crippen LogP contribution in [0, 0.1) is 0 Å². The van der Waals surface area contributed by atoms with Crippen LogP contribution in [0.15, 0.2) is 36.5 Å². The number of carbonyl (C=O) groups excluding carboxylic acids is 1. The van der Waals surface area contributed by atoms with E-state index in [0.717, 1.165) is 30.6 Å². The molecule has 0 bridgehead atoms. The van der Waals surface area contributed by atoms with Gasteiger partial charge in [0.05, 0.1) is 5.02 Å². The molecule has 1 aliphatic carbocycles. The van der Waals surface area contributed by atoms with E-state index in [-0.39, 0.29) is 5.91 Å². The lowest BCUT2D eigenvalue weighted by molar-refractivity contribution is 0.101. The van der Waals surface area contributed by atoms with E-state index in [1.165, 1.54) is 0 Å². The third kappa shape index (κ3) is 3.28. The summed E-state index contributed by atoms with van der Waals surface area (Å²) in [7, 11) is 1.90. The third-order valence-corrected chi connectivity index (χ3v) is 3.76. The summed E-state index contributed by atoms with van der Waals surface area (Å²) in [6.45, 7) is 0.772. The Morgan fingerprint density at radius 1 is 1.38 bits per heavy atom. The molecular weight excluding hydrogens is 286 g/mol. The summed E-state index contributed by atoms with van der Waals surface area (Å²) in [4.78, 5) is 12.4. The van der Waals surface area contributed by atoms with E-state index in [1.54, 1.807) is 6.07 Å². The van der Waals surface area contributed by atoms with Gasteiger partial charge in [-0.2, -0.15) is 0 Å². The Hall–Kier alpha value is -1.78. The average molecular weight is 304 g/mol. The van der Waals surface area contributed by atoms with Crippen LogP contribution in [0.25, 0.3) is 0 Å². The average Bonchev–Trinajstić information content (AvgIpc) is 3.22. The molecular formula is C16H18ClN3O. The highest BCUT2D eigenvalue weighted by atomic mass is 35.5. The number of nitrogens with one attached hydrogen (secondary N) is 2. The minimum absolute atomic E-state index is 0.115. The van der Waals surface area contributed by atoms with E-state index in [4.69, 9.17) is 11.6 Å². The molecule has 5 heteroatoms. The molecule has 0 unspecified atom stereocenters. The van der Waals surface area contributed by atoms with Gasteiger partial charge in [0.25, 0.3) is 5.91 Å². The number of aromatic nitrogens is 1. The lowest BCUT2D eigenvalue weighted by atomic mass is 10.2. The van der Waals surface area contributed by atoms with E-state index in [9.17, 15) is 4.79 Å². The van der Waals surface area contributed by atoms with Crippen LogP contribution in [-0.4, -0.2) is 17.5 Å². The highest BCUT2D eigenvalue weighted by molar-refractivity contribution is 6.31. The van der Waals surface area contributed by atoms with E-state index < -0.39 is 0 Å². The van der Waals surface area contributed by atoms with Crippen molar-refractivity contribution in [3.05, 3.63) is 52.8 Å². The topological polar surface area (TPSA) is 46.1 Å². The number of hydrogen-bond donors (Lipinski definition) is 2. The second-order valence-corrected chi connectivity index (χ2v) is 5.80. The SMILES string of the molecule is CNCc1cccc(NC(=O)c2cc(Cl)cn2C2CC2)c1. The van der Waals surface area contributed by atoms with E-state index in [1.807, 2.05) is 42.1 Å². The smallest absolute Gasteiger partial charge is 0.272 e. The molecule has 1 saturated carbocycles. The second kappa shape index (κ2) is 5.92. The molecule has 1 heterocycles. The summed E-state index contributed by atoms with van der Waals surface area (Å²) in [6, 6.07) is 9.98. The summed E-state index contributed by atoms with van der Waals surface area (Å²) in [6.07, 6.45) is 4.07.